The third kappa shape index (κ3) is 4.94. The Morgan fingerprint density at radius 1 is 1.80 bits per heavy atom. The van der Waals surface area contributed by atoms with Crippen LogP contribution in [0, 0.1) is 0 Å². The number of rotatable bonds is 4. The summed E-state index contributed by atoms with van der Waals surface area (Å²) in [5, 5.41) is 2.74. The Balaban J connectivity index is 3.37. The fourth-order valence-electron chi connectivity index (χ4n) is 0.605. The molecule has 1 unspecified atom stereocenters. The molecule has 10 heavy (non-hydrogen) atoms. The van der Waals surface area contributed by atoms with Crippen molar-refractivity contribution in [2.24, 2.45) is 0 Å². The minimum atomic E-state index is -0.0942. The molecular formula is C6H12ClNOS. The van der Waals surface area contributed by atoms with E-state index in [4.69, 9.17) is 11.6 Å². The third-order valence-electron chi connectivity index (χ3n) is 0.945. The van der Waals surface area contributed by atoms with Crippen LogP contribution in [0.3, 0.4) is 0 Å². The quantitative estimate of drug-likeness (QED) is 0.659. The van der Waals surface area contributed by atoms with E-state index < -0.39 is 0 Å². The van der Waals surface area contributed by atoms with E-state index in [9.17, 15) is 4.79 Å². The topological polar surface area (TPSA) is 29.1 Å². The van der Waals surface area contributed by atoms with E-state index in [0.29, 0.717) is 0 Å². The molecule has 0 aliphatic rings. The van der Waals surface area contributed by atoms with Crippen LogP contribution in [0.1, 0.15) is 6.92 Å². The summed E-state index contributed by atoms with van der Waals surface area (Å²) >= 11 is 6.98. The molecule has 0 radical (unpaired) electrons. The molecular weight excluding hydrogens is 170 g/mol. The van der Waals surface area contributed by atoms with E-state index in [2.05, 4.69) is 5.32 Å². The van der Waals surface area contributed by atoms with E-state index in [1.165, 1.54) is 0 Å². The standard InChI is InChI=1S/C6H12ClNOS/c1-5(4-10-2)8-6(9)3-7/h5H,3-4H2,1-2H3,(H,8,9). The molecule has 0 heterocycles. The number of hydrogen-bond acceptors (Lipinski definition) is 2. The predicted octanol–water partition coefficient (Wildman–Crippen LogP) is 1.09. The molecule has 1 amide bonds. The number of carbonyl (C=O) groups is 1. The fourth-order valence-corrected chi connectivity index (χ4v) is 1.27. The van der Waals surface area contributed by atoms with E-state index in [1.54, 1.807) is 11.8 Å². The molecule has 0 bridgehead atoms. The number of amides is 1. The van der Waals surface area contributed by atoms with Gasteiger partial charge in [-0.25, -0.2) is 0 Å². The van der Waals surface area contributed by atoms with Crippen molar-refractivity contribution in [3.05, 3.63) is 0 Å². The fraction of sp³-hybridized carbons (Fsp3) is 0.833. The van der Waals surface area contributed by atoms with Crippen molar-refractivity contribution in [2.75, 3.05) is 17.9 Å². The van der Waals surface area contributed by atoms with Crippen LogP contribution >= 0.6 is 23.4 Å². The van der Waals surface area contributed by atoms with Gasteiger partial charge in [-0.1, -0.05) is 0 Å². The summed E-state index contributed by atoms with van der Waals surface area (Å²) < 4.78 is 0. The van der Waals surface area contributed by atoms with Gasteiger partial charge in [0, 0.05) is 11.8 Å². The minimum absolute atomic E-state index is 0.0543. The van der Waals surface area contributed by atoms with Crippen LogP contribution in [0.4, 0.5) is 0 Å². The highest BCUT2D eigenvalue weighted by Gasteiger charge is 2.03. The van der Waals surface area contributed by atoms with Crippen LogP contribution in [0.5, 0.6) is 0 Å². The molecule has 0 saturated heterocycles. The van der Waals surface area contributed by atoms with Gasteiger partial charge >= 0.3 is 0 Å². The summed E-state index contributed by atoms with van der Waals surface area (Å²) in [5.41, 5.74) is 0. The highest BCUT2D eigenvalue weighted by Crippen LogP contribution is 1.95. The Hall–Kier alpha value is 0.110. The maximum Gasteiger partial charge on any atom is 0.235 e. The van der Waals surface area contributed by atoms with E-state index in [-0.39, 0.29) is 17.8 Å². The van der Waals surface area contributed by atoms with Gasteiger partial charge < -0.3 is 5.32 Å². The Morgan fingerprint density at radius 3 is 2.80 bits per heavy atom. The van der Waals surface area contributed by atoms with Gasteiger partial charge in [0.2, 0.25) is 5.91 Å². The summed E-state index contributed by atoms with van der Waals surface area (Å²) in [6.07, 6.45) is 2.00. The molecule has 0 fully saturated rings. The number of halogens is 1. The minimum Gasteiger partial charge on any atom is -0.352 e. The zero-order valence-corrected chi connectivity index (χ0v) is 7.76. The van der Waals surface area contributed by atoms with Crippen LogP contribution in [-0.4, -0.2) is 29.8 Å². The second-order valence-corrected chi connectivity index (χ2v) is 3.24. The smallest absolute Gasteiger partial charge is 0.235 e. The first-order valence-electron chi connectivity index (χ1n) is 3.05. The third-order valence-corrected chi connectivity index (χ3v) is 2.02. The number of carbonyl (C=O) groups excluding carboxylic acids is 1. The molecule has 4 heteroatoms. The van der Waals surface area contributed by atoms with Crippen LogP contribution in [0.2, 0.25) is 0 Å². The second-order valence-electron chi connectivity index (χ2n) is 2.06. The Kier molecular flexibility index (Phi) is 5.93. The Bertz CT molecular complexity index is 110. The maximum absolute atomic E-state index is 10.6. The van der Waals surface area contributed by atoms with Gasteiger partial charge in [0.1, 0.15) is 5.88 Å². The highest BCUT2D eigenvalue weighted by molar-refractivity contribution is 7.98. The second kappa shape index (κ2) is 5.86. The molecule has 2 nitrogen and oxygen atoms in total. The average molecular weight is 182 g/mol. The van der Waals surface area contributed by atoms with Crippen molar-refractivity contribution in [1.29, 1.82) is 0 Å². The summed E-state index contributed by atoms with van der Waals surface area (Å²) in [7, 11) is 0. The van der Waals surface area contributed by atoms with Gasteiger partial charge in [0.05, 0.1) is 0 Å². The molecule has 0 aromatic rings. The lowest BCUT2D eigenvalue weighted by Crippen LogP contribution is -2.34. The monoisotopic (exact) mass is 181 g/mol. The molecule has 1 atom stereocenters. The van der Waals surface area contributed by atoms with Crippen molar-refractivity contribution in [2.45, 2.75) is 13.0 Å². The number of alkyl halides is 1. The van der Waals surface area contributed by atoms with Gasteiger partial charge in [0.25, 0.3) is 0 Å². The molecule has 0 aliphatic carbocycles. The van der Waals surface area contributed by atoms with Gasteiger partial charge in [0.15, 0.2) is 0 Å². The largest absolute Gasteiger partial charge is 0.352 e. The van der Waals surface area contributed by atoms with Crippen molar-refractivity contribution in [3.8, 4) is 0 Å². The summed E-state index contributed by atoms with van der Waals surface area (Å²) in [6.45, 7) is 1.96. The van der Waals surface area contributed by atoms with Gasteiger partial charge in [-0.05, 0) is 13.2 Å². The lowest BCUT2D eigenvalue weighted by Gasteiger charge is -2.10. The zero-order valence-electron chi connectivity index (χ0n) is 6.19. The first kappa shape index (κ1) is 10.1. The van der Waals surface area contributed by atoms with Gasteiger partial charge in [-0.2, -0.15) is 11.8 Å². The molecule has 0 saturated carbocycles. The van der Waals surface area contributed by atoms with E-state index >= 15 is 0 Å². The molecule has 0 rings (SSSR count). The summed E-state index contributed by atoms with van der Waals surface area (Å²) in [6, 6.07) is 0.223. The lowest BCUT2D eigenvalue weighted by atomic mass is 10.4. The lowest BCUT2D eigenvalue weighted by molar-refractivity contribution is -0.119. The number of nitrogens with one attached hydrogen (secondary N) is 1. The maximum atomic E-state index is 10.6. The SMILES string of the molecule is CSCC(C)NC(=O)CCl. The van der Waals surface area contributed by atoms with Crippen molar-refractivity contribution in [3.63, 3.8) is 0 Å². The molecule has 0 spiro atoms. The van der Waals surface area contributed by atoms with Gasteiger partial charge in [-0.3, -0.25) is 4.79 Å². The average Bonchev–Trinajstić information content (AvgIpc) is 1.88. The van der Waals surface area contributed by atoms with Crippen LogP contribution in [0.15, 0.2) is 0 Å². The summed E-state index contributed by atoms with van der Waals surface area (Å²) in [5.74, 6) is 0.893. The zero-order chi connectivity index (χ0) is 7.98. The Morgan fingerprint density at radius 2 is 2.40 bits per heavy atom. The van der Waals surface area contributed by atoms with Crippen LogP contribution in [-0.2, 0) is 4.79 Å². The van der Waals surface area contributed by atoms with Crippen molar-refractivity contribution in [1.82, 2.24) is 5.32 Å². The number of hydrogen-bond donors (Lipinski definition) is 1. The van der Waals surface area contributed by atoms with E-state index in [0.717, 1.165) is 5.75 Å². The van der Waals surface area contributed by atoms with Gasteiger partial charge in [-0.15, -0.1) is 11.6 Å². The van der Waals surface area contributed by atoms with E-state index in [1.807, 2.05) is 13.2 Å². The first-order chi connectivity index (χ1) is 4.70. The summed E-state index contributed by atoms with van der Waals surface area (Å²) in [4.78, 5) is 10.6. The molecule has 0 aromatic carbocycles. The normalized spacial score (nSPS) is 12.7. The Labute approximate surface area is 70.7 Å². The molecule has 0 aliphatic heterocycles. The molecule has 1 N–H and O–H groups in total. The van der Waals surface area contributed by atoms with Crippen molar-refractivity contribution >= 4 is 29.3 Å². The van der Waals surface area contributed by atoms with Crippen molar-refractivity contribution < 1.29 is 4.79 Å². The van der Waals surface area contributed by atoms with Crippen LogP contribution in [0.25, 0.3) is 0 Å². The predicted molar refractivity (Wildman–Crippen MR) is 46.7 cm³/mol. The molecule has 0 aromatic heterocycles. The molecule has 60 valence electrons. The number of thioether (sulfide) groups is 1. The van der Waals surface area contributed by atoms with Crippen LogP contribution < -0.4 is 5.32 Å². The highest BCUT2D eigenvalue weighted by atomic mass is 35.5. The first-order valence-corrected chi connectivity index (χ1v) is 4.97.